The van der Waals surface area contributed by atoms with E-state index in [0.717, 1.165) is 44.0 Å². The van der Waals surface area contributed by atoms with Crippen LogP contribution >= 0.6 is 11.6 Å². The number of hydrogen-bond donors (Lipinski definition) is 2. The van der Waals surface area contributed by atoms with E-state index in [2.05, 4.69) is 20.4 Å². The second-order valence-corrected chi connectivity index (χ2v) is 8.85. The van der Waals surface area contributed by atoms with E-state index in [-0.39, 0.29) is 11.8 Å². The molecular formula is C25H31ClN4O4. The lowest BCUT2D eigenvalue weighted by Crippen LogP contribution is -2.46. The lowest BCUT2D eigenvalue weighted by molar-refractivity contribution is -0.122. The smallest absolute Gasteiger partial charge is 0.265 e. The van der Waals surface area contributed by atoms with Crippen LogP contribution in [0.3, 0.4) is 0 Å². The van der Waals surface area contributed by atoms with Gasteiger partial charge in [-0.3, -0.25) is 14.5 Å². The molecule has 2 N–H and O–H groups in total. The molecular weight excluding hydrogens is 456 g/mol. The van der Waals surface area contributed by atoms with Crippen molar-refractivity contribution >= 4 is 34.8 Å². The van der Waals surface area contributed by atoms with Crippen molar-refractivity contribution in [2.75, 3.05) is 49.5 Å². The van der Waals surface area contributed by atoms with Gasteiger partial charge in [-0.25, -0.2) is 0 Å². The van der Waals surface area contributed by atoms with Crippen molar-refractivity contribution in [2.45, 2.75) is 33.4 Å². The number of anilines is 2. The molecule has 4 rings (SSSR count). The Kier molecular flexibility index (Phi) is 7.48. The number of halogens is 1. The molecule has 9 heteroatoms. The normalized spacial score (nSPS) is 18.1. The third kappa shape index (κ3) is 5.23. The van der Waals surface area contributed by atoms with Crippen LogP contribution in [0.2, 0.25) is 5.02 Å². The molecule has 2 aliphatic rings. The second-order valence-electron chi connectivity index (χ2n) is 8.44. The van der Waals surface area contributed by atoms with E-state index in [0.29, 0.717) is 40.9 Å². The van der Waals surface area contributed by atoms with Gasteiger partial charge in [0.25, 0.3) is 11.8 Å². The van der Waals surface area contributed by atoms with E-state index in [4.69, 9.17) is 21.1 Å². The second kappa shape index (κ2) is 10.5. The number of benzene rings is 2. The van der Waals surface area contributed by atoms with Gasteiger partial charge in [-0.15, -0.1) is 0 Å². The molecule has 1 saturated heterocycles. The van der Waals surface area contributed by atoms with Gasteiger partial charge in [-0.1, -0.05) is 11.6 Å². The summed E-state index contributed by atoms with van der Waals surface area (Å²) in [5, 5.41) is 6.30. The van der Waals surface area contributed by atoms with Crippen molar-refractivity contribution in [1.82, 2.24) is 10.2 Å². The van der Waals surface area contributed by atoms with Gasteiger partial charge >= 0.3 is 0 Å². The highest BCUT2D eigenvalue weighted by Gasteiger charge is 2.28. The molecule has 1 unspecified atom stereocenters. The molecule has 0 aromatic heterocycles. The highest BCUT2D eigenvalue weighted by atomic mass is 35.5. The summed E-state index contributed by atoms with van der Waals surface area (Å²) in [6.45, 7) is 10.7. The summed E-state index contributed by atoms with van der Waals surface area (Å²) < 4.78 is 11.6. The number of piperazine rings is 1. The fourth-order valence-corrected chi connectivity index (χ4v) is 4.56. The van der Waals surface area contributed by atoms with E-state index in [1.165, 1.54) is 0 Å². The first-order chi connectivity index (χ1) is 16.4. The monoisotopic (exact) mass is 486 g/mol. The lowest BCUT2D eigenvalue weighted by atomic mass is 10.1. The maximum atomic E-state index is 12.1. The Balaban J connectivity index is 1.42. The number of fused-ring (bicyclic) bond motifs is 1. The third-order valence-electron chi connectivity index (χ3n) is 6.00. The van der Waals surface area contributed by atoms with Crippen LogP contribution in [0.25, 0.3) is 0 Å². The van der Waals surface area contributed by atoms with Crippen LogP contribution in [-0.2, 0) is 11.3 Å². The number of hydrogen-bond acceptors (Lipinski definition) is 6. The predicted molar refractivity (Wildman–Crippen MR) is 133 cm³/mol. The van der Waals surface area contributed by atoms with E-state index < -0.39 is 6.10 Å². The Morgan fingerprint density at radius 3 is 2.65 bits per heavy atom. The summed E-state index contributed by atoms with van der Waals surface area (Å²) >= 11 is 6.51. The summed E-state index contributed by atoms with van der Waals surface area (Å²) in [5.74, 6) is 0.969. The molecule has 0 spiro atoms. The molecule has 2 heterocycles. The summed E-state index contributed by atoms with van der Waals surface area (Å²) in [6, 6.07) is 9.43. The van der Waals surface area contributed by atoms with Crippen LogP contribution in [-0.4, -0.2) is 62.1 Å². The molecule has 0 aliphatic carbocycles. The Labute approximate surface area is 205 Å². The highest BCUT2D eigenvalue weighted by Crippen LogP contribution is 2.40. The quantitative estimate of drug-likeness (QED) is 0.623. The first kappa shape index (κ1) is 24.2. The van der Waals surface area contributed by atoms with E-state index in [1.54, 1.807) is 13.0 Å². The fourth-order valence-electron chi connectivity index (χ4n) is 4.26. The summed E-state index contributed by atoms with van der Waals surface area (Å²) in [6.07, 6.45) is -0.549. The van der Waals surface area contributed by atoms with Gasteiger partial charge in [0.05, 0.1) is 23.0 Å². The van der Waals surface area contributed by atoms with Crippen molar-refractivity contribution in [3.05, 3.63) is 46.5 Å². The van der Waals surface area contributed by atoms with Crippen LogP contribution in [0.5, 0.6) is 11.5 Å². The average molecular weight is 487 g/mol. The number of rotatable bonds is 7. The zero-order valence-electron chi connectivity index (χ0n) is 19.8. The van der Waals surface area contributed by atoms with Crippen molar-refractivity contribution < 1.29 is 19.1 Å². The van der Waals surface area contributed by atoms with Gasteiger partial charge in [0.15, 0.2) is 17.6 Å². The Morgan fingerprint density at radius 1 is 1.21 bits per heavy atom. The Hall–Kier alpha value is -2.97. The molecule has 0 bridgehead atoms. The van der Waals surface area contributed by atoms with Crippen LogP contribution in [0.4, 0.5) is 11.4 Å². The molecule has 1 fully saturated rings. The van der Waals surface area contributed by atoms with Crippen LogP contribution in [0.1, 0.15) is 36.7 Å². The molecule has 2 amide bonds. The van der Waals surface area contributed by atoms with E-state index in [9.17, 15) is 9.59 Å². The molecule has 2 aromatic carbocycles. The molecule has 34 heavy (non-hydrogen) atoms. The standard InChI is InChI=1S/C25H31ClN4O4/c1-4-27-25(32)18-6-7-21(19(26)14-18)30-10-8-29(9-11-30)15-17-12-20-23(22(13-17)33-5-2)34-16(3)24(31)28-20/h6-7,12-14,16H,4-5,8-11,15H2,1-3H3,(H,27,32)(H,28,31). The SMILES string of the molecule is CCNC(=O)c1ccc(N2CCN(Cc3cc4c(c(OCC)c3)OC(C)C(=O)N4)CC2)c(Cl)c1. The molecule has 2 aromatic rings. The first-order valence-corrected chi connectivity index (χ1v) is 12.1. The maximum absolute atomic E-state index is 12.1. The van der Waals surface area contributed by atoms with Gasteiger partial charge in [-0.2, -0.15) is 0 Å². The highest BCUT2D eigenvalue weighted by molar-refractivity contribution is 6.33. The zero-order valence-corrected chi connectivity index (χ0v) is 20.6. The molecule has 1 atom stereocenters. The lowest BCUT2D eigenvalue weighted by Gasteiger charge is -2.36. The molecule has 0 saturated carbocycles. The minimum absolute atomic E-state index is 0.117. The van der Waals surface area contributed by atoms with Crippen LogP contribution in [0.15, 0.2) is 30.3 Å². The predicted octanol–water partition coefficient (Wildman–Crippen LogP) is 3.53. The van der Waals surface area contributed by atoms with Gasteiger partial charge in [0.2, 0.25) is 0 Å². The van der Waals surface area contributed by atoms with Crippen molar-refractivity contribution in [3.8, 4) is 11.5 Å². The van der Waals surface area contributed by atoms with Crippen LogP contribution in [0, 0.1) is 0 Å². The van der Waals surface area contributed by atoms with Gasteiger partial charge in [0, 0.05) is 44.8 Å². The number of nitrogens with zero attached hydrogens (tertiary/aromatic N) is 2. The summed E-state index contributed by atoms with van der Waals surface area (Å²) in [4.78, 5) is 28.8. The third-order valence-corrected chi connectivity index (χ3v) is 6.31. The summed E-state index contributed by atoms with van der Waals surface area (Å²) in [5.41, 5.74) is 3.22. The topological polar surface area (TPSA) is 83.1 Å². The largest absolute Gasteiger partial charge is 0.490 e. The van der Waals surface area contributed by atoms with Gasteiger partial charge in [-0.05, 0) is 56.7 Å². The number of ether oxygens (including phenoxy) is 2. The Bertz CT molecular complexity index is 1070. The van der Waals surface area contributed by atoms with Gasteiger partial charge < -0.3 is 25.0 Å². The average Bonchev–Trinajstić information content (AvgIpc) is 2.81. The van der Waals surface area contributed by atoms with Crippen LogP contribution < -0.4 is 25.0 Å². The minimum Gasteiger partial charge on any atom is -0.490 e. The number of carbonyl (C=O) groups is 2. The van der Waals surface area contributed by atoms with Crippen molar-refractivity contribution in [1.29, 1.82) is 0 Å². The van der Waals surface area contributed by atoms with E-state index in [1.807, 2.05) is 38.1 Å². The van der Waals surface area contributed by atoms with Crippen molar-refractivity contribution in [2.24, 2.45) is 0 Å². The number of amides is 2. The van der Waals surface area contributed by atoms with E-state index >= 15 is 0 Å². The zero-order chi connectivity index (χ0) is 24.2. The molecule has 182 valence electrons. The summed E-state index contributed by atoms with van der Waals surface area (Å²) in [7, 11) is 0. The fraction of sp³-hybridized carbons (Fsp3) is 0.440. The Morgan fingerprint density at radius 2 is 1.97 bits per heavy atom. The number of carbonyl (C=O) groups excluding carboxylic acids is 2. The number of nitrogens with one attached hydrogen (secondary N) is 2. The first-order valence-electron chi connectivity index (χ1n) is 11.7. The minimum atomic E-state index is -0.549. The maximum Gasteiger partial charge on any atom is 0.265 e. The van der Waals surface area contributed by atoms with Crippen molar-refractivity contribution in [3.63, 3.8) is 0 Å². The van der Waals surface area contributed by atoms with Gasteiger partial charge in [0.1, 0.15) is 0 Å². The molecule has 0 radical (unpaired) electrons. The molecule has 8 nitrogen and oxygen atoms in total. The molecule has 2 aliphatic heterocycles.